The van der Waals surface area contributed by atoms with Gasteiger partial charge < -0.3 is 15.4 Å². The molecule has 0 aromatic rings. The molecule has 2 fully saturated rings. The minimum absolute atomic E-state index is 0.102. The van der Waals surface area contributed by atoms with Crippen LogP contribution in [0.3, 0.4) is 0 Å². The SMILES string of the molecule is CCCN1CCN(C2(CN)CCCCC2OC)CC1. The molecule has 4 heteroatoms. The molecule has 2 atom stereocenters. The fraction of sp³-hybridized carbons (Fsp3) is 1.00. The van der Waals surface area contributed by atoms with Crippen molar-refractivity contribution in [2.75, 3.05) is 46.4 Å². The number of ether oxygens (including phenoxy) is 1. The summed E-state index contributed by atoms with van der Waals surface area (Å²) in [5.74, 6) is 0. The van der Waals surface area contributed by atoms with Gasteiger partial charge in [-0.1, -0.05) is 19.8 Å². The summed E-state index contributed by atoms with van der Waals surface area (Å²) < 4.78 is 5.79. The molecule has 1 aliphatic carbocycles. The lowest BCUT2D eigenvalue weighted by molar-refractivity contribution is -0.0885. The van der Waals surface area contributed by atoms with Crippen molar-refractivity contribution in [2.24, 2.45) is 5.73 Å². The van der Waals surface area contributed by atoms with E-state index in [0.717, 1.165) is 19.6 Å². The highest BCUT2D eigenvalue weighted by atomic mass is 16.5. The van der Waals surface area contributed by atoms with E-state index in [-0.39, 0.29) is 5.54 Å². The van der Waals surface area contributed by atoms with Crippen molar-refractivity contribution in [1.82, 2.24) is 9.80 Å². The molecule has 1 heterocycles. The second kappa shape index (κ2) is 7.02. The van der Waals surface area contributed by atoms with Crippen molar-refractivity contribution in [1.29, 1.82) is 0 Å². The topological polar surface area (TPSA) is 41.7 Å². The van der Waals surface area contributed by atoms with E-state index < -0.39 is 0 Å². The number of nitrogens with two attached hydrogens (primary N) is 1. The molecule has 2 rings (SSSR count). The van der Waals surface area contributed by atoms with E-state index >= 15 is 0 Å². The van der Waals surface area contributed by atoms with Gasteiger partial charge in [-0.2, -0.15) is 0 Å². The average molecular weight is 269 g/mol. The number of methoxy groups -OCH3 is 1. The predicted molar refractivity (Wildman–Crippen MR) is 79.4 cm³/mol. The van der Waals surface area contributed by atoms with Gasteiger partial charge in [-0.3, -0.25) is 4.90 Å². The number of piperazine rings is 1. The van der Waals surface area contributed by atoms with Gasteiger partial charge in [0.15, 0.2) is 0 Å². The highest BCUT2D eigenvalue weighted by Gasteiger charge is 2.45. The molecule has 0 bridgehead atoms. The van der Waals surface area contributed by atoms with Crippen LogP contribution in [-0.2, 0) is 4.74 Å². The quantitative estimate of drug-likeness (QED) is 0.817. The molecule has 2 N–H and O–H groups in total. The van der Waals surface area contributed by atoms with Crippen LogP contribution in [0, 0.1) is 0 Å². The third-order valence-electron chi connectivity index (χ3n) is 5.11. The van der Waals surface area contributed by atoms with Crippen molar-refractivity contribution in [3.63, 3.8) is 0 Å². The van der Waals surface area contributed by atoms with Gasteiger partial charge in [0.25, 0.3) is 0 Å². The van der Waals surface area contributed by atoms with Crippen LogP contribution in [0.2, 0.25) is 0 Å². The fourth-order valence-corrected chi connectivity index (χ4v) is 3.99. The largest absolute Gasteiger partial charge is 0.379 e. The molecule has 1 saturated carbocycles. The fourth-order valence-electron chi connectivity index (χ4n) is 3.99. The summed E-state index contributed by atoms with van der Waals surface area (Å²) >= 11 is 0. The second-order valence-electron chi connectivity index (χ2n) is 6.11. The Morgan fingerprint density at radius 3 is 2.53 bits per heavy atom. The number of rotatable bonds is 5. The maximum absolute atomic E-state index is 6.19. The first-order chi connectivity index (χ1) is 9.26. The molecule has 0 radical (unpaired) electrons. The van der Waals surface area contributed by atoms with E-state index in [1.54, 1.807) is 0 Å². The molecule has 4 nitrogen and oxygen atoms in total. The van der Waals surface area contributed by atoms with E-state index in [2.05, 4.69) is 16.7 Å². The van der Waals surface area contributed by atoms with Crippen LogP contribution < -0.4 is 5.73 Å². The van der Waals surface area contributed by atoms with Crippen molar-refractivity contribution in [2.45, 2.75) is 50.7 Å². The van der Waals surface area contributed by atoms with Gasteiger partial charge in [0, 0.05) is 39.8 Å². The molecule has 1 saturated heterocycles. The Morgan fingerprint density at radius 1 is 1.21 bits per heavy atom. The summed E-state index contributed by atoms with van der Waals surface area (Å²) in [6.45, 7) is 8.90. The predicted octanol–water partition coefficient (Wildman–Crippen LogP) is 1.30. The summed E-state index contributed by atoms with van der Waals surface area (Å²) in [6, 6.07) is 0. The number of nitrogens with zero attached hydrogens (tertiary/aromatic N) is 2. The van der Waals surface area contributed by atoms with Gasteiger partial charge >= 0.3 is 0 Å². The van der Waals surface area contributed by atoms with Crippen LogP contribution >= 0.6 is 0 Å². The van der Waals surface area contributed by atoms with Gasteiger partial charge in [0.05, 0.1) is 11.6 Å². The number of hydrogen-bond donors (Lipinski definition) is 1. The Morgan fingerprint density at radius 2 is 1.95 bits per heavy atom. The first kappa shape index (κ1) is 15.2. The molecule has 112 valence electrons. The maximum Gasteiger partial charge on any atom is 0.0767 e. The zero-order valence-electron chi connectivity index (χ0n) is 12.7. The molecule has 1 aliphatic heterocycles. The van der Waals surface area contributed by atoms with E-state index in [0.29, 0.717) is 6.10 Å². The first-order valence-corrected chi connectivity index (χ1v) is 7.97. The Hall–Kier alpha value is -0.160. The molecule has 0 amide bonds. The highest BCUT2D eigenvalue weighted by molar-refractivity contribution is 5.02. The monoisotopic (exact) mass is 269 g/mol. The third kappa shape index (κ3) is 3.13. The zero-order valence-corrected chi connectivity index (χ0v) is 12.7. The van der Waals surface area contributed by atoms with E-state index in [1.807, 2.05) is 7.11 Å². The molecule has 0 spiro atoms. The summed E-state index contributed by atoms with van der Waals surface area (Å²) in [7, 11) is 1.85. The summed E-state index contributed by atoms with van der Waals surface area (Å²) in [4.78, 5) is 5.21. The molecular formula is C15H31N3O. The van der Waals surface area contributed by atoms with Crippen LogP contribution in [0.25, 0.3) is 0 Å². The Labute approximate surface area is 118 Å². The standard InChI is InChI=1S/C15H31N3O/c1-3-8-17-9-11-18(12-10-17)15(13-16)7-5-4-6-14(15)19-2/h14H,3-13,16H2,1-2H3. The lowest BCUT2D eigenvalue weighted by Crippen LogP contribution is -2.66. The molecule has 2 aliphatic rings. The van der Waals surface area contributed by atoms with Crippen LogP contribution in [0.15, 0.2) is 0 Å². The van der Waals surface area contributed by atoms with E-state index in [4.69, 9.17) is 10.5 Å². The highest BCUT2D eigenvalue weighted by Crippen LogP contribution is 2.35. The third-order valence-corrected chi connectivity index (χ3v) is 5.11. The maximum atomic E-state index is 6.19. The number of hydrogen-bond acceptors (Lipinski definition) is 4. The first-order valence-electron chi connectivity index (χ1n) is 7.97. The van der Waals surface area contributed by atoms with Crippen LogP contribution in [0.1, 0.15) is 39.0 Å². The minimum atomic E-state index is 0.102. The molecule has 0 aromatic heterocycles. The normalized spacial score (nSPS) is 34.6. The van der Waals surface area contributed by atoms with Gasteiger partial charge in [0.2, 0.25) is 0 Å². The Balaban J connectivity index is 2.01. The molecule has 0 aromatic carbocycles. The lowest BCUT2D eigenvalue weighted by atomic mass is 9.77. The Bertz CT molecular complexity index is 266. The van der Waals surface area contributed by atoms with Crippen molar-refractivity contribution >= 4 is 0 Å². The zero-order chi connectivity index (χ0) is 13.7. The summed E-state index contributed by atoms with van der Waals surface area (Å²) in [5.41, 5.74) is 6.30. The van der Waals surface area contributed by atoms with Crippen LogP contribution in [0.4, 0.5) is 0 Å². The lowest BCUT2D eigenvalue weighted by Gasteiger charge is -2.52. The average Bonchev–Trinajstić information content (AvgIpc) is 2.48. The van der Waals surface area contributed by atoms with Crippen molar-refractivity contribution in [3.05, 3.63) is 0 Å². The van der Waals surface area contributed by atoms with Gasteiger partial charge in [-0.05, 0) is 25.8 Å². The van der Waals surface area contributed by atoms with Crippen LogP contribution in [-0.4, -0.2) is 67.8 Å². The summed E-state index contributed by atoms with van der Waals surface area (Å²) in [5, 5.41) is 0. The van der Waals surface area contributed by atoms with Gasteiger partial charge in [0.1, 0.15) is 0 Å². The second-order valence-corrected chi connectivity index (χ2v) is 6.11. The molecule has 19 heavy (non-hydrogen) atoms. The van der Waals surface area contributed by atoms with Crippen molar-refractivity contribution in [3.8, 4) is 0 Å². The minimum Gasteiger partial charge on any atom is -0.379 e. The van der Waals surface area contributed by atoms with Crippen molar-refractivity contribution < 1.29 is 4.74 Å². The smallest absolute Gasteiger partial charge is 0.0767 e. The van der Waals surface area contributed by atoms with Gasteiger partial charge in [-0.15, -0.1) is 0 Å². The van der Waals surface area contributed by atoms with Gasteiger partial charge in [-0.25, -0.2) is 0 Å². The Kier molecular flexibility index (Phi) is 5.63. The van der Waals surface area contributed by atoms with E-state index in [1.165, 1.54) is 51.7 Å². The molecular weight excluding hydrogens is 238 g/mol. The summed E-state index contributed by atoms with van der Waals surface area (Å²) in [6.07, 6.45) is 6.54. The molecule has 2 unspecified atom stereocenters. The van der Waals surface area contributed by atoms with E-state index in [9.17, 15) is 0 Å². The van der Waals surface area contributed by atoms with Crippen LogP contribution in [0.5, 0.6) is 0 Å².